The first kappa shape index (κ1) is 19.8. The van der Waals surface area contributed by atoms with E-state index in [1.165, 1.54) is 35.5 Å². The van der Waals surface area contributed by atoms with Gasteiger partial charge in [0.25, 0.3) is 0 Å². The highest BCUT2D eigenvalue weighted by molar-refractivity contribution is 6.39. The highest BCUT2D eigenvalue weighted by Crippen LogP contribution is 2.33. The monoisotopic (exact) mass is 404 g/mol. The lowest BCUT2D eigenvalue weighted by atomic mass is 9.95. The number of likely N-dealkylation sites (tertiary alicyclic amines) is 1. The lowest BCUT2D eigenvalue weighted by molar-refractivity contribution is -0.145. The fourth-order valence-electron chi connectivity index (χ4n) is 3.20. The molecule has 0 radical (unpaired) electrons. The van der Waals surface area contributed by atoms with E-state index in [-0.39, 0.29) is 22.3 Å². The average molecular weight is 405 g/mol. The molecule has 1 aliphatic rings. The number of hydrogen-bond acceptors (Lipinski definition) is 4. The fraction of sp³-hybridized carbons (Fsp3) is 0.263. The number of carbonyl (C=O) groups is 3. The number of halogens is 2. The number of nitrogens with zero attached hydrogens (tertiary/aromatic N) is 2. The van der Waals surface area contributed by atoms with Crippen LogP contribution < -0.4 is 11.1 Å². The molecular formula is C19H18ClFN4O3. The number of amides is 3. The topological polar surface area (TPSA) is 105 Å². The maximum atomic E-state index is 13.5. The molecule has 0 unspecified atom stereocenters. The highest BCUT2D eigenvalue weighted by Gasteiger charge is 2.32. The van der Waals surface area contributed by atoms with Crippen molar-refractivity contribution >= 4 is 35.0 Å². The van der Waals surface area contributed by atoms with Crippen molar-refractivity contribution in [3.8, 4) is 0 Å². The van der Waals surface area contributed by atoms with Crippen molar-refractivity contribution in [1.82, 2.24) is 9.88 Å². The minimum absolute atomic E-state index is 0.0331. The molecule has 1 aromatic carbocycles. The van der Waals surface area contributed by atoms with E-state index in [1.807, 2.05) is 0 Å². The molecule has 146 valence electrons. The van der Waals surface area contributed by atoms with Crippen LogP contribution in [0.1, 0.15) is 41.2 Å². The molecule has 3 rings (SSSR count). The first-order valence-electron chi connectivity index (χ1n) is 8.68. The van der Waals surface area contributed by atoms with Crippen molar-refractivity contribution in [2.24, 2.45) is 5.73 Å². The summed E-state index contributed by atoms with van der Waals surface area (Å²) in [6.45, 7) is 0.394. The number of hydrogen-bond donors (Lipinski definition) is 2. The van der Waals surface area contributed by atoms with Gasteiger partial charge in [-0.25, -0.2) is 4.39 Å². The van der Waals surface area contributed by atoms with Crippen molar-refractivity contribution in [3.63, 3.8) is 0 Å². The molecule has 2 aromatic rings. The van der Waals surface area contributed by atoms with Gasteiger partial charge in [0.1, 0.15) is 5.82 Å². The number of pyridine rings is 1. The molecule has 1 aliphatic heterocycles. The minimum Gasteiger partial charge on any atom is -0.366 e. The Balaban J connectivity index is 1.78. The van der Waals surface area contributed by atoms with E-state index in [4.69, 9.17) is 17.3 Å². The molecule has 28 heavy (non-hydrogen) atoms. The Kier molecular flexibility index (Phi) is 5.89. The second kappa shape index (κ2) is 8.35. The Morgan fingerprint density at radius 3 is 2.71 bits per heavy atom. The third kappa shape index (κ3) is 4.28. The summed E-state index contributed by atoms with van der Waals surface area (Å²) in [4.78, 5) is 41.7. The minimum atomic E-state index is -0.858. The van der Waals surface area contributed by atoms with E-state index in [9.17, 15) is 18.8 Å². The molecule has 7 nitrogen and oxygen atoms in total. The first-order chi connectivity index (χ1) is 13.4. The zero-order valence-corrected chi connectivity index (χ0v) is 15.6. The van der Waals surface area contributed by atoms with E-state index in [0.29, 0.717) is 18.5 Å². The molecular weight excluding hydrogens is 387 g/mol. The van der Waals surface area contributed by atoms with Gasteiger partial charge in [-0.15, -0.1) is 0 Å². The number of nitrogens with one attached hydrogen (secondary N) is 1. The Labute approximate surface area is 165 Å². The van der Waals surface area contributed by atoms with E-state index >= 15 is 0 Å². The van der Waals surface area contributed by atoms with Gasteiger partial charge in [-0.1, -0.05) is 17.7 Å². The smallest absolute Gasteiger partial charge is 0.313 e. The third-order valence-electron chi connectivity index (χ3n) is 4.57. The van der Waals surface area contributed by atoms with Gasteiger partial charge in [-0.05, 0) is 43.0 Å². The molecule has 2 heterocycles. The summed E-state index contributed by atoms with van der Waals surface area (Å²) in [6, 6.07) is 5.26. The highest BCUT2D eigenvalue weighted by atomic mass is 35.5. The number of rotatable bonds is 3. The average Bonchev–Trinajstić information content (AvgIpc) is 2.69. The van der Waals surface area contributed by atoms with Crippen LogP contribution in [0.2, 0.25) is 5.02 Å². The van der Waals surface area contributed by atoms with E-state index < -0.39 is 23.5 Å². The van der Waals surface area contributed by atoms with Gasteiger partial charge in [0.05, 0.1) is 28.5 Å². The largest absolute Gasteiger partial charge is 0.366 e. The molecule has 1 atom stereocenters. The Morgan fingerprint density at radius 2 is 2.00 bits per heavy atom. The first-order valence-corrected chi connectivity index (χ1v) is 9.06. The summed E-state index contributed by atoms with van der Waals surface area (Å²) in [7, 11) is 0. The van der Waals surface area contributed by atoms with Gasteiger partial charge in [0.2, 0.25) is 5.91 Å². The molecule has 3 amide bonds. The van der Waals surface area contributed by atoms with Crippen LogP contribution in [0.4, 0.5) is 10.1 Å². The van der Waals surface area contributed by atoms with Gasteiger partial charge in [0, 0.05) is 12.7 Å². The molecule has 1 fully saturated rings. The normalized spacial score (nSPS) is 16.5. The standard InChI is InChI=1S/C19H18ClFN4O3/c20-14-8-11(4-5-15(14)21)16-3-1-2-6-25(16)19(28)18(27)24-13-7-12(17(22)26)9-23-10-13/h4-5,7-10,16H,1-3,6H2,(H2,22,26)(H,24,27)/t16-/m0/s1. The molecule has 0 bridgehead atoms. The number of nitrogens with two attached hydrogens (primary N) is 1. The van der Waals surface area contributed by atoms with Crippen LogP contribution in [-0.2, 0) is 9.59 Å². The molecule has 1 aromatic heterocycles. The van der Waals surface area contributed by atoms with Gasteiger partial charge in [-0.2, -0.15) is 0 Å². The maximum absolute atomic E-state index is 13.5. The van der Waals surface area contributed by atoms with E-state index in [1.54, 1.807) is 6.07 Å². The van der Waals surface area contributed by atoms with Crippen molar-refractivity contribution < 1.29 is 18.8 Å². The predicted octanol–water partition coefficient (Wildman–Crippen LogP) is 2.67. The van der Waals surface area contributed by atoms with Crippen molar-refractivity contribution in [1.29, 1.82) is 0 Å². The summed E-state index contributed by atoms with van der Waals surface area (Å²) < 4.78 is 13.5. The summed E-state index contributed by atoms with van der Waals surface area (Å²) in [5, 5.41) is 2.41. The zero-order chi connectivity index (χ0) is 20.3. The van der Waals surface area contributed by atoms with Crippen LogP contribution in [0.15, 0.2) is 36.7 Å². The molecule has 1 saturated heterocycles. The number of anilines is 1. The Hall–Kier alpha value is -3.00. The van der Waals surface area contributed by atoms with Gasteiger partial charge in [0.15, 0.2) is 0 Å². The summed E-state index contributed by atoms with van der Waals surface area (Å²) >= 11 is 5.87. The summed E-state index contributed by atoms with van der Waals surface area (Å²) in [5.74, 6) is -2.82. The van der Waals surface area contributed by atoms with Gasteiger partial charge in [-0.3, -0.25) is 19.4 Å². The molecule has 0 saturated carbocycles. The summed E-state index contributed by atoms with van der Waals surface area (Å²) in [6.07, 6.45) is 4.84. The van der Waals surface area contributed by atoms with Crippen LogP contribution in [0.3, 0.4) is 0 Å². The second-order valence-electron chi connectivity index (χ2n) is 6.46. The van der Waals surface area contributed by atoms with E-state index in [0.717, 1.165) is 12.8 Å². The van der Waals surface area contributed by atoms with E-state index in [2.05, 4.69) is 10.3 Å². The Bertz CT molecular complexity index is 937. The lowest BCUT2D eigenvalue weighted by Gasteiger charge is -2.35. The lowest BCUT2D eigenvalue weighted by Crippen LogP contribution is -2.44. The molecule has 0 spiro atoms. The van der Waals surface area contributed by atoms with Crippen molar-refractivity contribution in [2.45, 2.75) is 25.3 Å². The van der Waals surface area contributed by atoms with Crippen molar-refractivity contribution in [3.05, 3.63) is 58.6 Å². The van der Waals surface area contributed by atoms with Crippen LogP contribution in [-0.4, -0.2) is 34.2 Å². The van der Waals surface area contributed by atoms with Crippen LogP contribution in [0.5, 0.6) is 0 Å². The van der Waals surface area contributed by atoms with Crippen molar-refractivity contribution in [2.75, 3.05) is 11.9 Å². The third-order valence-corrected chi connectivity index (χ3v) is 4.86. The zero-order valence-electron chi connectivity index (χ0n) is 14.8. The fourth-order valence-corrected chi connectivity index (χ4v) is 3.39. The number of piperidine rings is 1. The van der Waals surface area contributed by atoms with Gasteiger partial charge >= 0.3 is 11.8 Å². The quantitative estimate of drug-likeness (QED) is 0.767. The number of aromatic nitrogens is 1. The van der Waals surface area contributed by atoms with Gasteiger partial charge < -0.3 is 16.0 Å². The number of primary amides is 1. The molecule has 0 aliphatic carbocycles. The SMILES string of the molecule is NC(=O)c1cncc(NC(=O)C(=O)N2CCCC[C@H]2c2ccc(F)c(Cl)c2)c1. The number of benzene rings is 1. The molecule has 3 N–H and O–H groups in total. The summed E-state index contributed by atoms with van der Waals surface area (Å²) in [5.41, 5.74) is 6.16. The number of carbonyl (C=O) groups excluding carboxylic acids is 3. The van der Waals surface area contributed by atoms with Crippen LogP contribution in [0, 0.1) is 5.82 Å². The molecule has 9 heteroatoms. The second-order valence-corrected chi connectivity index (χ2v) is 6.87. The van der Waals surface area contributed by atoms with Crippen LogP contribution in [0.25, 0.3) is 0 Å². The maximum Gasteiger partial charge on any atom is 0.313 e. The Morgan fingerprint density at radius 1 is 1.21 bits per heavy atom. The van der Waals surface area contributed by atoms with Crippen LogP contribution >= 0.6 is 11.6 Å². The predicted molar refractivity (Wildman–Crippen MR) is 101 cm³/mol.